The normalized spacial score (nSPS) is 24.0. The number of benzene rings is 2. The number of piperidine rings is 1. The molecule has 2 N–H and O–H groups in total. The number of para-hydroxylation sites is 2. The average molecular weight is 396 g/mol. The molecule has 2 heterocycles. The molecule has 4 rings (SSSR count). The van der Waals surface area contributed by atoms with Crippen LogP contribution in [0.25, 0.3) is 0 Å². The van der Waals surface area contributed by atoms with Crippen molar-refractivity contribution in [1.29, 1.82) is 0 Å². The quantitative estimate of drug-likeness (QED) is 0.701. The summed E-state index contributed by atoms with van der Waals surface area (Å²) in [5.74, 6) is 0.840. The number of anilines is 1. The van der Waals surface area contributed by atoms with Gasteiger partial charge in [0, 0.05) is 24.7 Å². The molecule has 148 valence electrons. The Morgan fingerprint density at radius 1 is 1.04 bits per heavy atom. The number of fused-ring (bicyclic) bond motifs is 2. The lowest BCUT2D eigenvalue weighted by Gasteiger charge is -2.39. The Morgan fingerprint density at radius 3 is 2.43 bits per heavy atom. The fourth-order valence-electron chi connectivity index (χ4n) is 4.64. The second-order valence-corrected chi connectivity index (χ2v) is 8.15. The number of thiocarbonyl (C=S) groups is 1. The maximum Gasteiger partial charge on any atom is 0.171 e. The van der Waals surface area contributed by atoms with Crippen LogP contribution in [0.5, 0.6) is 5.75 Å². The molecule has 2 aliphatic rings. The highest BCUT2D eigenvalue weighted by Gasteiger charge is 2.40. The number of hydrogen-bond acceptors (Lipinski definition) is 3. The van der Waals surface area contributed by atoms with Gasteiger partial charge >= 0.3 is 0 Å². The number of nitrogens with zero attached hydrogens (tertiary/aromatic N) is 1. The fourth-order valence-corrected chi connectivity index (χ4v) is 4.92. The number of hydrogen-bond donors (Lipinski definition) is 2. The van der Waals surface area contributed by atoms with E-state index in [1.165, 1.54) is 18.4 Å². The molecule has 2 fully saturated rings. The summed E-state index contributed by atoms with van der Waals surface area (Å²) in [5.41, 5.74) is 2.34. The van der Waals surface area contributed by atoms with Crippen LogP contribution in [0.2, 0.25) is 0 Å². The van der Waals surface area contributed by atoms with Gasteiger partial charge in [0.2, 0.25) is 0 Å². The van der Waals surface area contributed by atoms with Crippen molar-refractivity contribution in [3.8, 4) is 5.75 Å². The van der Waals surface area contributed by atoms with Gasteiger partial charge in [-0.3, -0.25) is 4.90 Å². The van der Waals surface area contributed by atoms with Gasteiger partial charge in [0.25, 0.3) is 0 Å². The molecule has 0 aromatic heterocycles. The van der Waals surface area contributed by atoms with Crippen molar-refractivity contribution in [2.45, 2.75) is 57.3 Å². The monoisotopic (exact) mass is 395 g/mol. The molecule has 2 aromatic carbocycles. The second-order valence-electron chi connectivity index (χ2n) is 7.74. The van der Waals surface area contributed by atoms with Crippen molar-refractivity contribution < 1.29 is 4.74 Å². The minimum absolute atomic E-state index is 0.434. The zero-order valence-electron chi connectivity index (χ0n) is 16.4. The van der Waals surface area contributed by atoms with Crippen molar-refractivity contribution >= 4 is 23.0 Å². The Bertz CT molecular complexity index is 783. The topological polar surface area (TPSA) is 36.5 Å². The van der Waals surface area contributed by atoms with Crippen LogP contribution in [-0.4, -0.2) is 34.7 Å². The Labute approximate surface area is 173 Å². The zero-order chi connectivity index (χ0) is 19.3. The van der Waals surface area contributed by atoms with Crippen LogP contribution in [0.1, 0.15) is 38.2 Å². The molecule has 0 unspecified atom stereocenters. The Morgan fingerprint density at radius 2 is 1.71 bits per heavy atom. The lowest BCUT2D eigenvalue weighted by atomic mass is 9.96. The summed E-state index contributed by atoms with van der Waals surface area (Å²) in [7, 11) is 0. The van der Waals surface area contributed by atoms with E-state index in [-0.39, 0.29) is 0 Å². The van der Waals surface area contributed by atoms with Gasteiger partial charge in [-0.15, -0.1) is 0 Å². The highest BCUT2D eigenvalue weighted by molar-refractivity contribution is 7.80. The SMILES string of the molecule is CCOc1ccccc1NC(=S)NC1C[C@@H]2CC[C@@H](C1)N2Cc1ccccc1. The Kier molecular flexibility index (Phi) is 6.13. The lowest BCUT2D eigenvalue weighted by molar-refractivity contribution is 0.115. The van der Waals surface area contributed by atoms with Gasteiger partial charge in [-0.2, -0.15) is 0 Å². The summed E-state index contributed by atoms with van der Waals surface area (Å²) in [6, 6.07) is 20.5. The summed E-state index contributed by atoms with van der Waals surface area (Å²) < 4.78 is 5.69. The van der Waals surface area contributed by atoms with Gasteiger partial charge in [-0.1, -0.05) is 42.5 Å². The van der Waals surface area contributed by atoms with Crippen molar-refractivity contribution in [2.75, 3.05) is 11.9 Å². The van der Waals surface area contributed by atoms with E-state index in [9.17, 15) is 0 Å². The van der Waals surface area contributed by atoms with Gasteiger partial charge in [-0.25, -0.2) is 0 Å². The number of ether oxygens (including phenoxy) is 1. The van der Waals surface area contributed by atoms with Crippen LogP contribution in [0, 0.1) is 0 Å². The summed E-state index contributed by atoms with van der Waals surface area (Å²) in [4.78, 5) is 2.70. The molecule has 0 amide bonds. The van der Waals surface area contributed by atoms with E-state index < -0.39 is 0 Å². The minimum atomic E-state index is 0.434. The van der Waals surface area contributed by atoms with Crippen molar-refractivity contribution in [3.63, 3.8) is 0 Å². The van der Waals surface area contributed by atoms with Crippen LogP contribution < -0.4 is 15.4 Å². The maximum absolute atomic E-state index is 5.69. The summed E-state index contributed by atoms with van der Waals surface area (Å²) in [6.45, 7) is 3.70. The minimum Gasteiger partial charge on any atom is -0.492 e. The summed E-state index contributed by atoms with van der Waals surface area (Å²) >= 11 is 5.60. The van der Waals surface area contributed by atoms with Gasteiger partial charge in [-0.05, 0) is 62.5 Å². The van der Waals surface area contributed by atoms with Crippen LogP contribution in [-0.2, 0) is 6.54 Å². The molecule has 2 saturated heterocycles. The van der Waals surface area contributed by atoms with Gasteiger partial charge in [0.05, 0.1) is 12.3 Å². The molecule has 0 radical (unpaired) electrons. The van der Waals surface area contributed by atoms with Crippen LogP contribution in [0.4, 0.5) is 5.69 Å². The predicted molar refractivity (Wildman–Crippen MR) is 119 cm³/mol. The van der Waals surface area contributed by atoms with E-state index in [0.717, 1.165) is 30.8 Å². The van der Waals surface area contributed by atoms with E-state index in [4.69, 9.17) is 17.0 Å². The molecule has 5 heteroatoms. The van der Waals surface area contributed by atoms with E-state index in [0.29, 0.717) is 29.8 Å². The second kappa shape index (κ2) is 8.93. The highest BCUT2D eigenvalue weighted by atomic mass is 32.1. The van der Waals surface area contributed by atoms with E-state index >= 15 is 0 Å². The summed E-state index contributed by atoms with van der Waals surface area (Å²) in [5, 5.41) is 7.57. The Hall–Kier alpha value is -2.11. The molecule has 2 aromatic rings. The molecule has 0 spiro atoms. The van der Waals surface area contributed by atoms with Crippen LogP contribution >= 0.6 is 12.2 Å². The first-order valence-corrected chi connectivity index (χ1v) is 10.7. The maximum atomic E-state index is 5.69. The van der Waals surface area contributed by atoms with Crippen molar-refractivity contribution in [2.24, 2.45) is 0 Å². The first-order chi connectivity index (χ1) is 13.7. The fraction of sp³-hybridized carbons (Fsp3) is 0.435. The molecule has 4 nitrogen and oxygen atoms in total. The van der Waals surface area contributed by atoms with E-state index in [2.05, 4.69) is 45.9 Å². The third kappa shape index (κ3) is 4.47. The third-order valence-corrected chi connectivity index (χ3v) is 6.08. The number of rotatable bonds is 6. The zero-order valence-corrected chi connectivity index (χ0v) is 17.3. The van der Waals surface area contributed by atoms with Crippen LogP contribution in [0.3, 0.4) is 0 Å². The van der Waals surface area contributed by atoms with Crippen molar-refractivity contribution in [3.05, 3.63) is 60.2 Å². The lowest BCUT2D eigenvalue weighted by Crippen LogP contribution is -2.50. The largest absolute Gasteiger partial charge is 0.492 e. The molecular formula is C23H29N3OS. The Balaban J connectivity index is 1.33. The van der Waals surface area contributed by atoms with Gasteiger partial charge in [0.15, 0.2) is 5.11 Å². The first kappa shape index (κ1) is 19.2. The average Bonchev–Trinajstić information content (AvgIpc) is 2.93. The highest BCUT2D eigenvalue weighted by Crippen LogP contribution is 2.37. The van der Waals surface area contributed by atoms with Gasteiger partial charge in [0.1, 0.15) is 5.75 Å². The third-order valence-electron chi connectivity index (χ3n) is 5.86. The standard InChI is InChI=1S/C23H29N3OS/c1-2-27-22-11-7-6-10-21(22)25-23(28)24-18-14-19-12-13-20(15-18)26(19)16-17-8-4-3-5-9-17/h3-11,18-20H,2,12-16H2,1H3,(H2,24,25,28)/t19-,20-/m0/s1. The molecule has 0 saturated carbocycles. The smallest absolute Gasteiger partial charge is 0.171 e. The molecule has 0 aliphatic carbocycles. The first-order valence-electron chi connectivity index (χ1n) is 10.3. The van der Waals surface area contributed by atoms with E-state index in [1.807, 2.05) is 31.2 Å². The van der Waals surface area contributed by atoms with E-state index in [1.54, 1.807) is 0 Å². The molecule has 2 atom stereocenters. The molecule has 28 heavy (non-hydrogen) atoms. The van der Waals surface area contributed by atoms with Gasteiger partial charge < -0.3 is 15.4 Å². The van der Waals surface area contributed by atoms with Crippen LogP contribution in [0.15, 0.2) is 54.6 Å². The number of nitrogens with one attached hydrogen (secondary N) is 2. The summed E-state index contributed by atoms with van der Waals surface area (Å²) in [6.07, 6.45) is 4.89. The molecule has 2 aliphatic heterocycles. The molecular weight excluding hydrogens is 366 g/mol. The predicted octanol–water partition coefficient (Wildman–Crippen LogP) is 4.57. The van der Waals surface area contributed by atoms with Crippen molar-refractivity contribution in [1.82, 2.24) is 10.2 Å². The molecule has 2 bridgehead atoms.